The molecule has 2 nitrogen and oxygen atoms in total. The highest BCUT2D eigenvalue weighted by Crippen LogP contribution is 2.35. The summed E-state index contributed by atoms with van der Waals surface area (Å²) < 4.78 is 0. The summed E-state index contributed by atoms with van der Waals surface area (Å²) in [5, 5.41) is 7.25. The Hall–Kier alpha value is -1.96. The topological polar surface area (TPSA) is 24.1 Å². The number of rotatable bonds is 2. The first-order chi connectivity index (χ1) is 9.61. The number of nitrogens with one attached hydrogen (secondary N) is 2. The maximum atomic E-state index is 3.68. The van der Waals surface area contributed by atoms with Crippen molar-refractivity contribution in [2.75, 3.05) is 10.6 Å². The van der Waals surface area contributed by atoms with Crippen LogP contribution in [-0.4, -0.2) is 6.04 Å². The zero-order chi connectivity index (χ0) is 14.1. The fraction of sp³-hybridized carbons (Fsp3) is 0.333. The van der Waals surface area contributed by atoms with Gasteiger partial charge in [0.05, 0.1) is 6.04 Å². The third kappa shape index (κ3) is 2.64. The zero-order valence-corrected chi connectivity index (χ0v) is 12.4. The Bertz CT molecular complexity index is 601. The molecule has 0 amide bonds. The van der Waals surface area contributed by atoms with E-state index >= 15 is 0 Å². The summed E-state index contributed by atoms with van der Waals surface area (Å²) in [5.41, 5.74) is 6.45. The Morgan fingerprint density at radius 1 is 1.00 bits per heavy atom. The third-order valence-corrected chi connectivity index (χ3v) is 3.97. The third-order valence-electron chi connectivity index (χ3n) is 3.97. The smallest absolute Gasteiger partial charge is 0.0553 e. The van der Waals surface area contributed by atoms with Gasteiger partial charge in [0.1, 0.15) is 0 Å². The number of hydrogen-bond acceptors (Lipinski definition) is 2. The van der Waals surface area contributed by atoms with Crippen molar-refractivity contribution >= 4 is 11.4 Å². The number of hydrogen-bond donors (Lipinski definition) is 2. The van der Waals surface area contributed by atoms with Gasteiger partial charge < -0.3 is 10.6 Å². The molecular formula is C18H22N2. The Morgan fingerprint density at radius 2 is 1.70 bits per heavy atom. The van der Waals surface area contributed by atoms with Crippen LogP contribution in [0.4, 0.5) is 11.4 Å². The fourth-order valence-electron chi connectivity index (χ4n) is 2.89. The Labute approximate surface area is 121 Å². The molecule has 0 bridgehead atoms. The van der Waals surface area contributed by atoms with Crippen molar-refractivity contribution in [3.63, 3.8) is 0 Å². The van der Waals surface area contributed by atoms with E-state index in [0.717, 1.165) is 6.42 Å². The molecule has 20 heavy (non-hydrogen) atoms. The average molecular weight is 266 g/mol. The lowest BCUT2D eigenvalue weighted by Gasteiger charge is -2.33. The van der Waals surface area contributed by atoms with Gasteiger partial charge in [-0.05, 0) is 51.0 Å². The molecule has 1 heterocycles. The van der Waals surface area contributed by atoms with Crippen molar-refractivity contribution in [2.24, 2.45) is 0 Å². The lowest BCUT2D eigenvalue weighted by Crippen LogP contribution is -2.29. The number of benzene rings is 2. The summed E-state index contributed by atoms with van der Waals surface area (Å²) in [6.45, 7) is 6.52. The molecule has 2 N–H and O–H groups in total. The molecule has 2 atom stereocenters. The number of anilines is 2. The van der Waals surface area contributed by atoms with Gasteiger partial charge in [-0.15, -0.1) is 0 Å². The molecule has 0 fully saturated rings. The van der Waals surface area contributed by atoms with E-state index in [-0.39, 0.29) is 0 Å². The van der Waals surface area contributed by atoms with E-state index in [1.165, 1.54) is 28.1 Å². The summed E-state index contributed by atoms with van der Waals surface area (Å²) >= 11 is 0. The highest BCUT2D eigenvalue weighted by molar-refractivity contribution is 5.59. The largest absolute Gasteiger partial charge is 0.382 e. The normalized spacial score (nSPS) is 20.9. The molecule has 0 unspecified atom stereocenters. The predicted octanol–water partition coefficient (Wildman–Crippen LogP) is 4.66. The second-order valence-corrected chi connectivity index (χ2v) is 5.93. The maximum absolute atomic E-state index is 3.68. The molecule has 1 aliphatic rings. The van der Waals surface area contributed by atoms with E-state index in [9.17, 15) is 0 Å². The van der Waals surface area contributed by atoms with Gasteiger partial charge in [-0.1, -0.05) is 35.4 Å². The Kier molecular flexibility index (Phi) is 3.39. The molecule has 2 aromatic carbocycles. The monoisotopic (exact) mass is 266 g/mol. The second-order valence-electron chi connectivity index (χ2n) is 5.93. The van der Waals surface area contributed by atoms with Crippen LogP contribution in [0.1, 0.15) is 36.1 Å². The summed E-state index contributed by atoms with van der Waals surface area (Å²) in [7, 11) is 0. The Balaban J connectivity index is 1.90. The van der Waals surface area contributed by atoms with Crippen LogP contribution >= 0.6 is 0 Å². The van der Waals surface area contributed by atoms with E-state index in [4.69, 9.17) is 0 Å². The minimum Gasteiger partial charge on any atom is -0.382 e. The first-order valence-electron chi connectivity index (χ1n) is 7.32. The SMILES string of the molecule is Cc1ccc(N[C@@H]2C[C@H](C)Nc3ccc(C)cc32)cc1. The van der Waals surface area contributed by atoms with Crippen molar-refractivity contribution in [3.05, 3.63) is 59.2 Å². The van der Waals surface area contributed by atoms with Crippen molar-refractivity contribution < 1.29 is 0 Å². The molecule has 104 valence electrons. The van der Waals surface area contributed by atoms with Crippen LogP contribution in [0, 0.1) is 13.8 Å². The van der Waals surface area contributed by atoms with E-state index in [2.05, 4.69) is 73.9 Å². The van der Waals surface area contributed by atoms with E-state index < -0.39 is 0 Å². The lowest BCUT2D eigenvalue weighted by atomic mass is 9.92. The quantitative estimate of drug-likeness (QED) is 0.826. The van der Waals surface area contributed by atoms with Gasteiger partial charge in [0, 0.05) is 17.4 Å². The van der Waals surface area contributed by atoms with Gasteiger partial charge in [-0.2, -0.15) is 0 Å². The van der Waals surface area contributed by atoms with E-state index in [1.807, 2.05) is 0 Å². The second kappa shape index (κ2) is 5.20. The van der Waals surface area contributed by atoms with Gasteiger partial charge in [0.25, 0.3) is 0 Å². The molecule has 3 rings (SSSR count). The maximum Gasteiger partial charge on any atom is 0.0553 e. The van der Waals surface area contributed by atoms with Gasteiger partial charge >= 0.3 is 0 Å². The van der Waals surface area contributed by atoms with Gasteiger partial charge in [0.15, 0.2) is 0 Å². The first kappa shape index (κ1) is 13.0. The van der Waals surface area contributed by atoms with Crippen LogP contribution in [0.25, 0.3) is 0 Å². The molecule has 0 spiro atoms. The van der Waals surface area contributed by atoms with Gasteiger partial charge in [-0.25, -0.2) is 0 Å². The van der Waals surface area contributed by atoms with Crippen LogP contribution in [0.15, 0.2) is 42.5 Å². The summed E-state index contributed by atoms with van der Waals surface area (Å²) in [6.07, 6.45) is 1.10. The highest BCUT2D eigenvalue weighted by atomic mass is 15.0. The van der Waals surface area contributed by atoms with Gasteiger partial charge in [0.2, 0.25) is 0 Å². The average Bonchev–Trinajstić information content (AvgIpc) is 2.42. The molecule has 2 aromatic rings. The minimum absolute atomic E-state index is 0.379. The van der Waals surface area contributed by atoms with Crippen LogP contribution in [0.2, 0.25) is 0 Å². The van der Waals surface area contributed by atoms with Crippen LogP contribution in [-0.2, 0) is 0 Å². The predicted molar refractivity (Wildman–Crippen MR) is 86.4 cm³/mol. The molecule has 0 aliphatic carbocycles. The summed E-state index contributed by atoms with van der Waals surface area (Å²) in [4.78, 5) is 0. The lowest BCUT2D eigenvalue weighted by molar-refractivity contribution is 0.599. The number of aryl methyl sites for hydroxylation is 2. The molecule has 1 aliphatic heterocycles. The molecule has 0 aromatic heterocycles. The van der Waals surface area contributed by atoms with Crippen molar-refractivity contribution in [2.45, 2.75) is 39.3 Å². The molecule has 0 radical (unpaired) electrons. The zero-order valence-electron chi connectivity index (χ0n) is 12.4. The van der Waals surface area contributed by atoms with E-state index in [1.54, 1.807) is 0 Å². The van der Waals surface area contributed by atoms with Crippen molar-refractivity contribution in [1.29, 1.82) is 0 Å². The standard InChI is InChI=1S/C18H22N2/c1-12-4-7-15(8-5-12)20-18-11-14(3)19-17-9-6-13(2)10-16(17)18/h4-10,14,18-20H,11H2,1-3H3/t14-,18+/m0/s1. The molecule has 0 saturated heterocycles. The van der Waals surface area contributed by atoms with Crippen molar-refractivity contribution in [3.8, 4) is 0 Å². The molecule has 0 saturated carbocycles. The molecule has 2 heteroatoms. The molecular weight excluding hydrogens is 244 g/mol. The summed E-state index contributed by atoms with van der Waals surface area (Å²) in [5.74, 6) is 0. The van der Waals surface area contributed by atoms with Crippen LogP contribution < -0.4 is 10.6 Å². The van der Waals surface area contributed by atoms with Crippen LogP contribution in [0.5, 0.6) is 0 Å². The van der Waals surface area contributed by atoms with Crippen LogP contribution in [0.3, 0.4) is 0 Å². The van der Waals surface area contributed by atoms with E-state index in [0.29, 0.717) is 12.1 Å². The summed E-state index contributed by atoms with van der Waals surface area (Å²) in [6, 6.07) is 16.2. The van der Waals surface area contributed by atoms with Gasteiger partial charge in [-0.3, -0.25) is 0 Å². The highest BCUT2D eigenvalue weighted by Gasteiger charge is 2.23. The fourth-order valence-corrected chi connectivity index (χ4v) is 2.89. The Morgan fingerprint density at radius 3 is 2.45 bits per heavy atom. The van der Waals surface area contributed by atoms with Crippen molar-refractivity contribution in [1.82, 2.24) is 0 Å². The number of fused-ring (bicyclic) bond motifs is 1. The first-order valence-corrected chi connectivity index (χ1v) is 7.32. The minimum atomic E-state index is 0.379.